The summed E-state index contributed by atoms with van der Waals surface area (Å²) in [5.74, 6) is -0.245. The van der Waals surface area contributed by atoms with Crippen LogP contribution in [0.25, 0.3) is 12.3 Å². The van der Waals surface area contributed by atoms with Gasteiger partial charge in [-0.25, -0.2) is 9.78 Å². The summed E-state index contributed by atoms with van der Waals surface area (Å²) in [6, 6.07) is 0. The zero-order valence-corrected chi connectivity index (χ0v) is 9.18. The van der Waals surface area contributed by atoms with Gasteiger partial charge in [0.1, 0.15) is 5.82 Å². The maximum atomic E-state index is 10.9. The van der Waals surface area contributed by atoms with Gasteiger partial charge in [-0.3, -0.25) is 4.57 Å². The van der Waals surface area contributed by atoms with Gasteiger partial charge in [-0.15, -0.1) is 0 Å². The van der Waals surface area contributed by atoms with Crippen LogP contribution in [0.4, 0.5) is 0 Å². The summed E-state index contributed by atoms with van der Waals surface area (Å²) >= 11 is 0. The largest absolute Gasteiger partial charge is 0.477 e. The average Bonchev–Trinajstić information content (AvgIpc) is 2.52. The molecule has 2 heterocycles. The van der Waals surface area contributed by atoms with Crippen LogP contribution in [0.3, 0.4) is 0 Å². The lowest BCUT2D eigenvalue weighted by molar-refractivity contribution is 0.0688. The van der Waals surface area contributed by atoms with Crippen molar-refractivity contribution in [1.82, 2.24) is 9.55 Å². The molecule has 2 rings (SSSR count). The zero-order chi connectivity index (χ0) is 11.5. The predicted molar refractivity (Wildman–Crippen MR) is 62.0 cm³/mol. The molecular formula is C12H14N2O2. The van der Waals surface area contributed by atoms with Crippen LogP contribution in [-0.4, -0.2) is 20.6 Å². The molecule has 4 heteroatoms. The maximum Gasteiger partial charge on any atom is 0.354 e. The van der Waals surface area contributed by atoms with E-state index in [1.165, 1.54) is 11.8 Å². The third-order valence-corrected chi connectivity index (χ3v) is 2.58. The summed E-state index contributed by atoms with van der Waals surface area (Å²) in [5, 5.41) is 8.98. The van der Waals surface area contributed by atoms with Gasteiger partial charge in [-0.05, 0) is 18.9 Å². The van der Waals surface area contributed by atoms with Gasteiger partial charge < -0.3 is 5.11 Å². The number of nitrogens with zero attached hydrogens (tertiary/aromatic N) is 2. The number of hydrogen-bond acceptors (Lipinski definition) is 2. The molecule has 0 saturated heterocycles. The highest BCUT2D eigenvalue weighted by atomic mass is 16.4. The minimum absolute atomic E-state index is 0.209. The molecule has 0 spiro atoms. The first-order chi connectivity index (χ1) is 7.72. The lowest BCUT2D eigenvalue weighted by Gasteiger charge is -2.00. The number of imidazole rings is 1. The summed E-state index contributed by atoms with van der Waals surface area (Å²) < 4.78 is 1.62. The number of rotatable bonds is 3. The monoisotopic (exact) mass is 218 g/mol. The Bertz CT molecular complexity index is 469. The normalized spacial score (nSPS) is 14.2. The average molecular weight is 218 g/mol. The lowest BCUT2D eigenvalue weighted by atomic mass is 10.1. The van der Waals surface area contributed by atoms with Gasteiger partial charge in [0.05, 0.1) is 6.20 Å². The molecule has 0 aromatic carbocycles. The minimum Gasteiger partial charge on any atom is -0.477 e. The first-order valence-corrected chi connectivity index (χ1v) is 5.39. The third-order valence-electron chi connectivity index (χ3n) is 2.58. The Balaban J connectivity index is 2.42. The molecule has 0 fully saturated rings. The number of carbonyl (C=O) groups is 1. The fraction of sp³-hybridized carbons (Fsp3) is 0.333. The molecular weight excluding hydrogens is 204 g/mol. The predicted octanol–water partition coefficient (Wildman–Crippen LogP) is 2.64. The van der Waals surface area contributed by atoms with Gasteiger partial charge in [0.15, 0.2) is 5.69 Å². The van der Waals surface area contributed by atoms with Crippen LogP contribution in [0.1, 0.15) is 42.5 Å². The molecule has 0 atom stereocenters. The third kappa shape index (κ3) is 1.91. The van der Waals surface area contributed by atoms with E-state index in [-0.39, 0.29) is 5.69 Å². The summed E-state index contributed by atoms with van der Waals surface area (Å²) in [6.07, 6.45) is 10.1. The number of allylic oxidation sites excluding steroid dienone is 2. The van der Waals surface area contributed by atoms with Gasteiger partial charge in [-0.2, -0.15) is 0 Å². The van der Waals surface area contributed by atoms with Crippen LogP contribution in [-0.2, 0) is 0 Å². The SMILES string of the molecule is CCCC1=Cc2ncc(C(=O)O)n2C=CC1. The molecule has 0 saturated carbocycles. The summed E-state index contributed by atoms with van der Waals surface area (Å²) in [7, 11) is 0. The van der Waals surface area contributed by atoms with Gasteiger partial charge in [-0.1, -0.05) is 25.0 Å². The van der Waals surface area contributed by atoms with Crippen LogP contribution in [0.2, 0.25) is 0 Å². The first-order valence-electron chi connectivity index (χ1n) is 5.39. The Kier molecular flexibility index (Phi) is 2.90. The highest BCUT2D eigenvalue weighted by molar-refractivity contribution is 5.87. The van der Waals surface area contributed by atoms with Crippen molar-refractivity contribution >= 4 is 18.2 Å². The number of carboxylic acid groups (broad SMARTS) is 1. The molecule has 4 nitrogen and oxygen atoms in total. The van der Waals surface area contributed by atoms with E-state index in [4.69, 9.17) is 5.11 Å². The second-order valence-corrected chi connectivity index (χ2v) is 3.82. The Labute approximate surface area is 93.9 Å². The van der Waals surface area contributed by atoms with Crippen LogP contribution in [0.15, 0.2) is 17.8 Å². The fourth-order valence-electron chi connectivity index (χ4n) is 1.84. The van der Waals surface area contributed by atoms with Crippen molar-refractivity contribution in [2.45, 2.75) is 26.2 Å². The van der Waals surface area contributed by atoms with E-state index in [2.05, 4.69) is 11.9 Å². The number of aromatic carboxylic acids is 1. The standard InChI is InChI=1S/C12H14N2O2/c1-2-4-9-5-3-6-14-10(12(15)16)8-13-11(14)7-9/h3,6-8H,2,4-5H2,1H3,(H,15,16). The molecule has 0 amide bonds. The van der Waals surface area contributed by atoms with Crippen molar-refractivity contribution in [2.24, 2.45) is 0 Å². The van der Waals surface area contributed by atoms with E-state index in [1.54, 1.807) is 10.8 Å². The van der Waals surface area contributed by atoms with E-state index < -0.39 is 5.97 Å². The number of hydrogen-bond donors (Lipinski definition) is 1. The second-order valence-electron chi connectivity index (χ2n) is 3.82. The van der Waals surface area contributed by atoms with Crippen molar-refractivity contribution in [3.05, 3.63) is 29.4 Å². The maximum absolute atomic E-state index is 10.9. The van der Waals surface area contributed by atoms with Gasteiger partial charge >= 0.3 is 5.97 Å². The van der Waals surface area contributed by atoms with E-state index in [0.29, 0.717) is 5.82 Å². The van der Waals surface area contributed by atoms with Gasteiger partial charge in [0, 0.05) is 6.20 Å². The Morgan fingerprint density at radius 1 is 1.62 bits per heavy atom. The van der Waals surface area contributed by atoms with Crippen molar-refractivity contribution in [3.63, 3.8) is 0 Å². The topological polar surface area (TPSA) is 55.1 Å². The van der Waals surface area contributed by atoms with Crippen LogP contribution in [0.5, 0.6) is 0 Å². The Hall–Kier alpha value is -1.84. The lowest BCUT2D eigenvalue weighted by Crippen LogP contribution is -2.03. The molecule has 0 radical (unpaired) electrons. The smallest absolute Gasteiger partial charge is 0.354 e. The summed E-state index contributed by atoms with van der Waals surface area (Å²) in [5.41, 5.74) is 1.50. The van der Waals surface area contributed by atoms with Crippen molar-refractivity contribution in [3.8, 4) is 0 Å². The molecule has 0 aliphatic carbocycles. The Morgan fingerprint density at radius 3 is 3.12 bits per heavy atom. The van der Waals surface area contributed by atoms with Gasteiger partial charge in [0.2, 0.25) is 0 Å². The second kappa shape index (κ2) is 4.35. The van der Waals surface area contributed by atoms with Gasteiger partial charge in [0.25, 0.3) is 0 Å². The fourth-order valence-corrected chi connectivity index (χ4v) is 1.84. The van der Waals surface area contributed by atoms with Crippen molar-refractivity contribution in [1.29, 1.82) is 0 Å². The van der Waals surface area contributed by atoms with E-state index in [9.17, 15) is 4.79 Å². The number of aromatic nitrogens is 2. The summed E-state index contributed by atoms with van der Waals surface area (Å²) in [6.45, 7) is 2.13. The molecule has 16 heavy (non-hydrogen) atoms. The molecule has 0 bridgehead atoms. The van der Waals surface area contributed by atoms with Crippen molar-refractivity contribution in [2.75, 3.05) is 0 Å². The Morgan fingerprint density at radius 2 is 2.44 bits per heavy atom. The summed E-state index contributed by atoms with van der Waals surface area (Å²) in [4.78, 5) is 15.1. The highest BCUT2D eigenvalue weighted by Crippen LogP contribution is 2.20. The van der Waals surface area contributed by atoms with E-state index in [0.717, 1.165) is 19.3 Å². The number of fused-ring (bicyclic) bond motifs is 1. The molecule has 1 aliphatic heterocycles. The van der Waals surface area contributed by atoms with Crippen LogP contribution < -0.4 is 0 Å². The molecule has 0 unspecified atom stereocenters. The molecule has 1 N–H and O–H groups in total. The minimum atomic E-state index is -0.948. The molecule has 1 aliphatic rings. The molecule has 1 aromatic rings. The zero-order valence-electron chi connectivity index (χ0n) is 9.18. The molecule has 84 valence electrons. The van der Waals surface area contributed by atoms with E-state index >= 15 is 0 Å². The molecule has 1 aromatic heterocycles. The number of carboxylic acids is 1. The quantitative estimate of drug-likeness (QED) is 0.848. The highest BCUT2D eigenvalue weighted by Gasteiger charge is 2.14. The van der Waals surface area contributed by atoms with Crippen molar-refractivity contribution < 1.29 is 9.90 Å². The van der Waals surface area contributed by atoms with E-state index in [1.807, 2.05) is 12.2 Å². The first kappa shape index (κ1) is 10.7. The van der Waals surface area contributed by atoms with Crippen LogP contribution in [0, 0.1) is 0 Å². The van der Waals surface area contributed by atoms with Crippen LogP contribution >= 0.6 is 0 Å².